The molecule has 0 aliphatic heterocycles. The maximum absolute atomic E-state index is 12.5. The van der Waals surface area contributed by atoms with Crippen LogP contribution in [-0.4, -0.2) is 28.7 Å². The summed E-state index contributed by atoms with van der Waals surface area (Å²) in [7, 11) is 0. The number of nitrogens with zero attached hydrogens (tertiary/aromatic N) is 3. The third-order valence-corrected chi connectivity index (χ3v) is 2.56. The Morgan fingerprint density at radius 1 is 1.47 bits per heavy atom. The van der Waals surface area contributed by atoms with Gasteiger partial charge in [-0.3, -0.25) is 0 Å². The van der Waals surface area contributed by atoms with Gasteiger partial charge in [0.15, 0.2) is 5.82 Å². The van der Waals surface area contributed by atoms with E-state index in [-0.39, 0.29) is 22.8 Å². The van der Waals surface area contributed by atoms with Crippen LogP contribution in [0.5, 0.6) is 0 Å². The molecule has 17 heavy (non-hydrogen) atoms. The summed E-state index contributed by atoms with van der Waals surface area (Å²) in [5.74, 6) is 0.0600. The highest BCUT2D eigenvalue weighted by Gasteiger charge is 2.39. The molecule has 1 heterocycles. The molecule has 94 valence electrons. The lowest BCUT2D eigenvalue weighted by atomic mass is 10.4. The fourth-order valence-electron chi connectivity index (χ4n) is 1.55. The lowest BCUT2D eigenvalue weighted by Crippen LogP contribution is -2.37. The number of nitrogen functional groups attached to an aromatic ring is 1. The van der Waals surface area contributed by atoms with Crippen LogP contribution in [0.15, 0.2) is 6.20 Å². The van der Waals surface area contributed by atoms with Crippen LogP contribution in [-0.2, 0) is 0 Å². The van der Waals surface area contributed by atoms with Crippen LogP contribution in [0.1, 0.15) is 12.8 Å². The van der Waals surface area contributed by atoms with Crippen molar-refractivity contribution in [2.45, 2.75) is 25.1 Å². The number of rotatable bonds is 3. The van der Waals surface area contributed by atoms with E-state index in [9.17, 15) is 13.2 Å². The number of hydrogen-bond acceptors (Lipinski definition) is 4. The van der Waals surface area contributed by atoms with Gasteiger partial charge in [0.05, 0.1) is 11.9 Å². The first-order valence-electron chi connectivity index (χ1n) is 4.98. The standard InChI is InChI=1S/C9H10ClF3N4/c10-8-15-3-6(14)7(16-8)17(5-1-2-5)4-9(11,12)13/h3,5H,1-2,4,14H2. The van der Waals surface area contributed by atoms with Crippen LogP contribution < -0.4 is 10.6 Å². The van der Waals surface area contributed by atoms with Gasteiger partial charge in [-0.2, -0.15) is 18.2 Å². The Kier molecular flexibility index (Phi) is 3.03. The molecule has 1 fully saturated rings. The van der Waals surface area contributed by atoms with E-state index in [1.807, 2.05) is 0 Å². The Morgan fingerprint density at radius 3 is 2.65 bits per heavy atom. The fraction of sp³-hybridized carbons (Fsp3) is 0.556. The molecule has 1 aliphatic rings. The zero-order valence-electron chi connectivity index (χ0n) is 8.71. The van der Waals surface area contributed by atoms with E-state index in [1.54, 1.807) is 0 Å². The van der Waals surface area contributed by atoms with Crippen molar-refractivity contribution in [3.63, 3.8) is 0 Å². The van der Waals surface area contributed by atoms with Crippen molar-refractivity contribution in [2.24, 2.45) is 0 Å². The van der Waals surface area contributed by atoms with E-state index in [0.29, 0.717) is 12.8 Å². The Labute approximate surface area is 101 Å². The van der Waals surface area contributed by atoms with E-state index >= 15 is 0 Å². The van der Waals surface area contributed by atoms with Gasteiger partial charge >= 0.3 is 6.18 Å². The average molecular weight is 267 g/mol. The maximum Gasteiger partial charge on any atom is 0.405 e. The molecule has 4 nitrogen and oxygen atoms in total. The number of nitrogens with two attached hydrogens (primary N) is 1. The highest BCUT2D eigenvalue weighted by Crippen LogP contribution is 2.35. The van der Waals surface area contributed by atoms with Crippen molar-refractivity contribution in [1.82, 2.24) is 9.97 Å². The second-order valence-corrected chi connectivity index (χ2v) is 4.23. The van der Waals surface area contributed by atoms with Gasteiger partial charge in [0.2, 0.25) is 5.28 Å². The summed E-state index contributed by atoms with van der Waals surface area (Å²) in [5.41, 5.74) is 5.68. The summed E-state index contributed by atoms with van der Waals surface area (Å²) in [6.07, 6.45) is -1.67. The topological polar surface area (TPSA) is 55.0 Å². The van der Waals surface area contributed by atoms with Gasteiger partial charge in [-0.05, 0) is 24.4 Å². The van der Waals surface area contributed by atoms with Crippen molar-refractivity contribution in [3.05, 3.63) is 11.5 Å². The van der Waals surface area contributed by atoms with Crippen LogP contribution in [0.2, 0.25) is 5.28 Å². The van der Waals surface area contributed by atoms with Gasteiger partial charge in [-0.1, -0.05) is 0 Å². The number of hydrogen-bond donors (Lipinski definition) is 1. The fourth-order valence-corrected chi connectivity index (χ4v) is 1.68. The molecule has 1 saturated carbocycles. The summed E-state index contributed by atoms with van der Waals surface area (Å²) >= 11 is 5.57. The first-order valence-corrected chi connectivity index (χ1v) is 5.36. The molecule has 0 saturated heterocycles. The molecule has 8 heteroatoms. The van der Waals surface area contributed by atoms with Crippen molar-refractivity contribution in [2.75, 3.05) is 17.2 Å². The molecule has 0 radical (unpaired) electrons. The Bertz CT molecular complexity index is 419. The summed E-state index contributed by atoms with van der Waals surface area (Å²) in [4.78, 5) is 8.53. The molecule has 1 aromatic heterocycles. The number of halogens is 4. The monoisotopic (exact) mass is 266 g/mol. The van der Waals surface area contributed by atoms with Gasteiger partial charge in [0, 0.05) is 6.04 Å². The third kappa shape index (κ3) is 3.12. The van der Waals surface area contributed by atoms with Gasteiger partial charge in [-0.15, -0.1) is 0 Å². The van der Waals surface area contributed by atoms with E-state index in [1.165, 1.54) is 6.20 Å². The van der Waals surface area contributed by atoms with Crippen molar-refractivity contribution in [3.8, 4) is 0 Å². The van der Waals surface area contributed by atoms with Crippen molar-refractivity contribution < 1.29 is 13.2 Å². The van der Waals surface area contributed by atoms with Gasteiger partial charge in [0.25, 0.3) is 0 Å². The Morgan fingerprint density at radius 2 is 2.12 bits per heavy atom. The zero-order valence-corrected chi connectivity index (χ0v) is 9.46. The average Bonchev–Trinajstić information content (AvgIpc) is 3.00. The molecule has 0 amide bonds. The number of alkyl halides is 3. The smallest absolute Gasteiger partial charge is 0.394 e. The molecule has 0 atom stereocenters. The van der Waals surface area contributed by atoms with Gasteiger partial charge in [0.1, 0.15) is 6.54 Å². The minimum absolute atomic E-state index is 0.0600. The van der Waals surface area contributed by atoms with Crippen LogP contribution in [0, 0.1) is 0 Å². The first kappa shape index (κ1) is 12.2. The highest BCUT2D eigenvalue weighted by atomic mass is 35.5. The highest BCUT2D eigenvalue weighted by molar-refractivity contribution is 6.28. The van der Waals surface area contributed by atoms with E-state index in [0.717, 1.165) is 4.90 Å². The van der Waals surface area contributed by atoms with E-state index < -0.39 is 12.7 Å². The van der Waals surface area contributed by atoms with Gasteiger partial charge in [-0.25, -0.2) is 4.98 Å². The van der Waals surface area contributed by atoms with E-state index in [4.69, 9.17) is 17.3 Å². The lowest BCUT2D eigenvalue weighted by Gasteiger charge is -2.25. The largest absolute Gasteiger partial charge is 0.405 e. The predicted molar refractivity (Wildman–Crippen MR) is 57.9 cm³/mol. The Hall–Kier alpha value is -1.24. The quantitative estimate of drug-likeness (QED) is 0.853. The molecular weight excluding hydrogens is 257 g/mol. The molecule has 0 spiro atoms. The van der Waals surface area contributed by atoms with Gasteiger partial charge < -0.3 is 10.6 Å². The molecule has 0 bridgehead atoms. The SMILES string of the molecule is Nc1cnc(Cl)nc1N(CC(F)(F)F)C1CC1. The van der Waals surface area contributed by atoms with Crippen LogP contribution in [0.3, 0.4) is 0 Å². The Balaban J connectivity index is 2.29. The number of aromatic nitrogens is 2. The summed E-state index contributed by atoms with van der Waals surface area (Å²) in [6.45, 7) is -1.07. The van der Waals surface area contributed by atoms with Crippen LogP contribution in [0.25, 0.3) is 0 Å². The zero-order chi connectivity index (χ0) is 12.6. The minimum Gasteiger partial charge on any atom is -0.394 e. The van der Waals surface area contributed by atoms with E-state index in [2.05, 4.69) is 9.97 Å². The minimum atomic E-state index is -4.30. The molecule has 2 rings (SSSR count). The van der Waals surface area contributed by atoms with Crippen molar-refractivity contribution >= 4 is 23.1 Å². The molecule has 0 unspecified atom stereocenters. The lowest BCUT2D eigenvalue weighted by molar-refractivity contribution is -0.120. The number of anilines is 2. The summed E-state index contributed by atoms with van der Waals surface area (Å²) in [5, 5.41) is -0.109. The summed E-state index contributed by atoms with van der Waals surface area (Å²) in [6, 6.07) is -0.162. The normalized spacial score (nSPS) is 16.0. The molecular formula is C9H10ClF3N4. The van der Waals surface area contributed by atoms with Crippen molar-refractivity contribution in [1.29, 1.82) is 0 Å². The second kappa shape index (κ2) is 4.21. The second-order valence-electron chi connectivity index (χ2n) is 3.89. The predicted octanol–water partition coefficient (Wildman–Crippen LogP) is 2.24. The molecule has 2 N–H and O–H groups in total. The molecule has 0 aromatic carbocycles. The third-order valence-electron chi connectivity index (χ3n) is 2.38. The first-order chi connectivity index (χ1) is 7.87. The molecule has 1 aromatic rings. The van der Waals surface area contributed by atoms with Crippen LogP contribution in [0.4, 0.5) is 24.7 Å². The summed E-state index contributed by atoms with van der Waals surface area (Å²) < 4.78 is 37.4. The maximum atomic E-state index is 12.5. The van der Waals surface area contributed by atoms with Crippen LogP contribution >= 0.6 is 11.6 Å². The molecule has 1 aliphatic carbocycles.